The minimum atomic E-state index is -0.467. The number of benzene rings is 8. The Hall–Kier alpha value is -6.44. The van der Waals surface area contributed by atoms with Gasteiger partial charge in [0, 0.05) is 16.9 Å². The van der Waals surface area contributed by atoms with Crippen molar-refractivity contribution in [3.05, 3.63) is 221 Å². The second kappa shape index (κ2) is 12.8. The van der Waals surface area contributed by atoms with Crippen LogP contribution in [0.1, 0.15) is 73.9 Å². The van der Waals surface area contributed by atoms with Crippen molar-refractivity contribution in [2.24, 2.45) is 0 Å². The van der Waals surface area contributed by atoms with Gasteiger partial charge in [0.15, 0.2) is 0 Å². The number of hydrogen-bond donors (Lipinski definition) is 0. The third-order valence-electron chi connectivity index (χ3n) is 13.7. The lowest BCUT2D eigenvalue weighted by Crippen LogP contribution is -2.34. The van der Waals surface area contributed by atoms with Gasteiger partial charge in [-0.05, 0) is 132 Å². The maximum absolute atomic E-state index is 2.60. The van der Waals surface area contributed by atoms with E-state index in [1.165, 1.54) is 83.6 Å². The Morgan fingerprint density at radius 1 is 0.362 bits per heavy atom. The van der Waals surface area contributed by atoms with Crippen LogP contribution in [0.4, 0.5) is 17.1 Å². The fraction of sp³-hybridized carbons (Fsp3) is 0.158. The van der Waals surface area contributed by atoms with E-state index in [1.807, 2.05) is 0 Å². The molecule has 0 unspecified atom stereocenters. The van der Waals surface area contributed by atoms with Crippen LogP contribution in [-0.2, 0) is 16.2 Å². The largest absolute Gasteiger partial charge is 0.310 e. The molecule has 0 heterocycles. The first-order chi connectivity index (χ1) is 28.3. The molecular weight excluding hydrogens is 699 g/mol. The first-order valence-corrected chi connectivity index (χ1v) is 20.9. The number of para-hydroxylation sites is 2. The molecule has 8 aromatic rings. The molecule has 0 saturated heterocycles. The number of hydrogen-bond acceptors (Lipinski definition) is 1. The average molecular weight is 746 g/mol. The Labute approximate surface area is 343 Å². The molecule has 1 heteroatoms. The second-order valence-corrected chi connectivity index (χ2v) is 17.9. The van der Waals surface area contributed by atoms with Gasteiger partial charge in [0.2, 0.25) is 0 Å². The van der Waals surface area contributed by atoms with Crippen LogP contribution in [-0.4, -0.2) is 0 Å². The van der Waals surface area contributed by atoms with Gasteiger partial charge in [-0.25, -0.2) is 0 Å². The molecule has 0 bridgehead atoms. The van der Waals surface area contributed by atoms with Gasteiger partial charge in [-0.1, -0.05) is 179 Å². The zero-order valence-corrected chi connectivity index (χ0v) is 33.8. The lowest BCUT2D eigenvalue weighted by molar-refractivity contribution is 0.333. The van der Waals surface area contributed by atoms with Crippen LogP contribution in [0.15, 0.2) is 188 Å². The molecule has 0 atom stereocenters. The Bertz CT molecular complexity index is 2800. The van der Waals surface area contributed by atoms with E-state index in [4.69, 9.17) is 0 Å². The Kier molecular flexibility index (Phi) is 7.67. The van der Waals surface area contributed by atoms with E-state index in [2.05, 4.69) is 221 Å². The number of anilines is 3. The monoisotopic (exact) mass is 745 g/mol. The topological polar surface area (TPSA) is 3.24 Å². The van der Waals surface area contributed by atoms with Gasteiger partial charge in [0.1, 0.15) is 0 Å². The number of fused-ring (bicyclic) bond motifs is 11. The van der Waals surface area contributed by atoms with Crippen LogP contribution >= 0.6 is 0 Å². The minimum Gasteiger partial charge on any atom is -0.310 e. The molecule has 3 aliphatic carbocycles. The summed E-state index contributed by atoms with van der Waals surface area (Å²) in [4.78, 5) is 2.52. The molecule has 0 N–H and O–H groups in total. The van der Waals surface area contributed by atoms with Gasteiger partial charge < -0.3 is 4.90 Å². The molecule has 11 rings (SSSR count). The fourth-order valence-corrected chi connectivity index (χ4v) is 11.0. The molecule has 0 aliphatic heterocycles. The summed E-state index contributed by atoms with van der Waals surface area (Å²) in [6, 6.07) is 70.7. The molecule has 0 fully saturated rings. The zero-order chi connectivity index (χ0) is 39.2. The summed E-state index contributed by atoms with van der Waals surface area (Å²) >= 11 is 0. The van der Waals surface area contributed by atoms with Crippen molar-refractivity contribution in [1.82, 2.24) is 0 Å². The third kappa shape index (κ3) is 4.89. The van der Waals surface area contributed by atoms with E-state index in [-0.39, 0.29) is 10.8 Å². The summed E-state index contributed by atoms with van der Waals surface area (Å²) < 4.78 is 0. The second-order valence-electron chi connectivity index (χ2n) is 17.9. The first kappa shape index (κ1) is 34.8. The molecule has 0 radical (unpaired) electrons. The third-order valence-corrected chi connectivity index (χ3v) is 13.7. The molecule has 1 nitrogen and oxygen atoms in total. The van der Waals surface area contributed by atoms with Crippen LogP contribution in [0.25, 0.3) is 44.5 Å². The van der Waals surface area contributed by atoms with Crippen LogP contribution < -0.4 is 4.90 Å². The normalized spacial score (nSPS) is 15.9. The molecule has 1 spiro atoms. The van der Waals surface area contributed by atoms with Crippen molar-refractivity contribution in [3.63, 3.8) is 0 Å². The SMILES string of the molecule is CC1(C)CCC(C)(C)c2c1ccc(-c1ccccc1)c2-c1cc2c(cc1N(c1ccccc1)c1ccccc1)C1(c3ccccc3-c3ccccc31)c1ccccc1-2. The van der Waals surface area contributed by atoms with Crippen LogP contribution in [0, 0.1) is 0 Å². The van der Waals surface area contributed by atoms with E-state index in [0.29, 0.717) is 0 Å². The Morgan fingerprint density at radius 2 is 0.828 bits per heavy atom. The molecule has 8 aromatic carbocycles. The van der Waals surface area contributed by atoms with Crippen molar-refractivity contribution in [1.29, 1.82) is 0 Å². The van der Waals surface area contributed by atoms with Crippen LogP contribution in [0.5, 0.6) is 0 Å². The predicted octanol–water partition coefficient (Wildman–Crippen LogP) is 15.2. The highest BCUT2D eigenvalue weighted by molar-refractivity contribution is 6.03. The predicted molar refractivity (Wildman–Crippen MR) is 244 cm³/mol. The van der Waals surface area contributed by atoms with E-state index in [0.717, 1.165) is 24.2 Å². The van der Waals surface area contributed by atoms with Gasteiger partial charge in [0.25, 0.3) is 0 Å². The van der Waals surface area contributed by atoms with E-state index in [9.17, 15) is 0 Å². The first-order valence-electron chi connectivity index (χ1n) is 20.9. The highest BCUT2D eigenvalue weighted by Gasteiger charge is 2.52. The smallest absolute Gasteiger partial charge is 0.0726 e. The lowest BCUT2D eigenvalue weighted by atomic mass is 9.60. The summed E-state index contributed by atoms with van der Waals surface area (Å²) in [7, 11) is 0. The van der Waals surface area contributed by atoms with Crippen molar-refractivity contribution in [2.45, 2.75) is 56.8 Å². The highest BCUT2D eigenvalue weighted by atomic mass is 15.1. The van der Waals surface area contributed by atoms with Gasteiger partial charge in [-0.3, -0.25) is 0 Å². The van der Waals surface area contributed by atoms with Crippen LogP contribution in [0.3, 0.4) is 0 Å². The summed E-state index contributed by atoms with van der Waals surface area (Å²) in [6.45, 7) is 9.86. The quantitative estimate of drug-likeness (QED) is 0.170. The molecule has 0 saturated carbocycles. The van der Waals surface area contributed by atoms with Gasteiger partial charge in [-0.2, -0.15) is 0 Å². The van der Waals surface area contributed by atoms with Gasteiger partial charge in [-0.15, -0.1) is 0 Å². The summed E-state index contributed by atoms with van der Waals surface area (Å²) in [5.74, 6) is 0. The summed E-state index contributed by atoms with van der Waals surface area (Å²) in [6.07, 6.45) is 2.28. The van der Waals surface area contributed by atoms with Crippen molar-refractivity contribution in [2.75, 3.05) is 4.90 Å². The number of nitrogens with zero attached hydrogens (tertiary/aromatic N) is 1. The molecular formula is C57H47N. The maximum atomic E-state index is 2.60. The van der Waals surface area contributed by atoms with Gasteiger partial charge >= 0.3 is 0 Å². The van der Waals surface area contributed by atoms with E-state index >= 15 is 0 Å². The van der Waals surface area contributed by atoms with Gasteiger partial charge in [0.05, 0.1) is 11.1 Å². The molecule has 58 heavy (non-hydrogen) atoms. The Morgan fingerprint density at radius 3 is 1.38 bits per heavy atom. The Balaban J connectivity index is 1.35. The van der Waals surface area contributed by atoms with Crippen molar-refractivity contribution in [3.8, 4) is 44.5 Å². The number of rotatable bonds is 5. The zero-order valence-electron chi connectivity index (χ0n) is 33.8. The maximum Gasteiger partial charge on any atom is 0.0726 e. The summed E-state index contributed by atoms with van der Waals surface area (Å²) in [5.41, 5.74) is 21.7. The van der Waals surface area contributed by atoms with E-state index in [1.54, 1.807) is 0 Å². The van der Waals surface area contributed by atoms with Crippen molar-refractivity contribution < 1.29 is 0 Å². The minimum absolute atomic E-state index is 0.0399. The van der Waals surface area contributed by atoms with E-state index < -0.39 is 5.41 Å². The molecule has 280 valence electrons. The molecule has 0 aromatic heterocycles. The summed E-state index contributed by atoms with van der Waals surface area (Å²) in [5, 5.41) is 0. The highest BCUT2D eigenvalue weighted by Crippen LogP contribution is 2.65. The van der Waals surface area contributed by atoms with Crippen LogP contribution in [0.2, 0.25) is 0 Å². The lowest BCUT2D eigenvalue weighted by Gasteiger charge is -2.44. The fourth-order valence-electron chi connectivity index (χ4n) is 11.0. The van der Waals surface area contributed by atoms with Crippen molar-refractivity contribution >= 4 is 17.1 Å². The molecule has 0 amide bonds. The molecule has 3 aliphatic rings. The standard InChI is InChI=1S/C57H47N/c1-55(2)34-35-56(3,4)54-50(55)33-32-41(38-20-8-5-9-21-38)53(54)46-36-45-44-28-16-19-31-49(44)57(47-29-17-14-26-42(47)43-27-15-18-30-48(43)57)51(45)37-52(46)58(39-22-10-6-11-23-39)40-24-12-7-13-25-40/h5-33,36-37H,34-35H2,1-4H3. The average Bonchev–Trinajstić information content (AvgIpc) is 3.73.